The van der Waals surface area contributed by atoms with E-state index in [1.807, 2.05) is 24.3 Å². The lowest BCUT2D eigenvalue weighted by atomic mass is 9.66. The normalized spacial score (nSPS) is 21.5. The van der Waals surface area contributed by atoms with Crippen LogP contribution in [0.25, 0.3) is 10.9 Å². The van der Waals surface area contributed by atoms with Crippen LogP contribution in [-0.2, 0) is 11.8 Å². The number of nitrogens with zero attached hydrogens (tertiary/aromatic N) is 2. The van der Waals surface area contributed by atoms with Gasteiger partial charge in [0.25, 0.3) is 0 Å². The molecular weight excluding hydrogens is 389 g/mol. The molecule has 0 saturated carbocycles. The first-order valence-corrected chi connectivity index (χ1v) is 9.98. The average Bonchev–Trinajstić information content (AvgIpc) is 2.72. The molecule has 0 spiro atoms. The molecule has 0 bridgehead atoms. The highest BCUT2D eigenvalue weighted by atomic mass is 19.4. The second kappa shape index (κ2) is 7.51. The fourth-order valence-electron chi connectivity index (χ4n) is 4.50. The van der Waals surface area contributed by atoms with Crippen molar-refractivity contribution in [2.45, 2.75) is 49.8 Å². The molecule has 4 rings (SSSR count). The molecule has 0 amide bonds. The summed E-state index contributed by atoms with van der Waals surface area (Å²) in [6.07, 6.45) is -0.850. The summed E-state index contributed by atoms with van der Waals surface area (Å²) in [6, 6.07) is 16.1. The van der Waals surface area contributed by atoms with Crippen LogP contribution in [0.1, 0.15) is 37.3 Å². The van der Waals surface area contributed by atoms with Crippen LogP contribution in [0.4, 0.5) is 18.9 Å². The molecule has 3 nitrogen and oxygen atoms in total. The van der Waals surface area contributed by atoms with Gasteiger partial charge in [0.05, 0.1) is 11.2 Å². The number of halogens is 3. The van der Waals surface area contributed by atoms with Gasteiger partial charge in [-0.25, -0.2) is 0 Å². The summed E-state index contributed by atoms with van der Waals surface area (Å²) in [5.74, 6) is 0. The maximum absolute atomic E-state index is 14.1. The maximum Gasteiger partial charge on any atom is 0.422 e. The first-order chi connectivity index (χ1) is 14.2. The molecule has 6 heteroatoms. The summed E-state index contributed by atoms with van der Waals surface area (Å²) >= 11 is 0. The number of fused-ring (bicyclic) bond motifs is 2. The van der Waals surface area contributed by atoms with Crippen molar-refractivity contribution >= 4 is 22.8 Å². The Balaban J connectivity index is 1.73. The van der Waals surface area contributed by atoms with Gasteiger partial charge in [-0.15, -0.1) is 0 Å². The summed E-state index contributed by atoms with van der Waals surface area (Å²) in [5, 5.41) is 11.5. The van der Waals surface area contributed by atoms with E-state index in [1.54, 1.807) is 43.5 Å². The van der Waals surface area contributed by atoms with E-state index in [1.165, 1.54) is 0 Å². The number of hydrogen-bond donors (Lipinski definition) is 1. The van der Waals surface area contributed by atoms with E-state index in [9.17, 15) is 18.3 Å². The zero-order valence-electron chi connectivity index (χ0n) is 16.7. The van der Waals surface area contributed by atoms with Gasteiger partial charge in [-0.05, 0) is 66.5 Å². The van der Waals surface area contributed by atoms with Crippen molar-refractivity contribution < 1.29 is 18.3 Å². The Morgan fingerprint density at radius 1 is 1.10 bits per heavy atom. The van der Waals surface area contributed by atoms with Crippen LogP contribution in [0, 0.1) is 0 Å². The van der Waals surface area contributed by atoms with Gasteiger partial charge in [0.1, 0.15) is 0 Å². The van der Waals surface area contributed by atoms with Crippen LogP contribution in [0.5, 0.6) is 0 Å². The number of benzene rings is 2. The molecule has 0 aliphatic heterocycles. The second-order valence-electron chi connectivity index (χ2n) is 8.28. The van der Waals surface area contributed by atoms with Crippen LogP contribution in [0.15, 0.2) is 65.8 Å². The molecule has 1 aromatic heterocycles. The highest BCUT2D eigenvalue weighted by Gasteiger charge is 2.56. The minimum Gasteiger partial charge on any atom is -0.376 e. The quantitative estimate of drug-likeness (QED) is 0.541. The Kier molecular flexibility index (Phi) is 5.14. The lowest BCUT2D eigenvalue weighted by Gasteiger charge is -2.41. The smallest absolute Gasteiger partial charge is 0.376 e. The summed E-state index contributed by atoms with van der Waals surface area (Å²) < 4.78 is 42.2. The predicted octanol–water partition coefficient (Wildman–Crippen LogP) is 5.91. The van der Waals surface area contributed by atoms with E-state index < -0.39 is 23.6 Å². The fraction of sp³-hybridized carbons (Fsp3) is 0.333. The molecule has 2 atom stereocenters. The maximum atomic E-state index is 14.1. The molecule has 30 heavy (non-hydrogen) atoms. The molecule has 1 N–H and O–H groups in total. The molecule has 1 aliphatic rings. The van der Waals surface area contributed by atoms with E-state index >= 15 is 0 Å². The van der Waals surface area contributed by atoms with Gasteiger partial charge < -0.3 is 5.11 Å². The van der Waals surface area contributed by atoms with Crippen molar-refractivity contribution in [1.82, 2.24) is 4.98 Å². The van der Waals surface area contributed by atoms with Crippen LogP contribution in [0.2, 0.25) is 0 Å². The van der Waals surface area contributed by atoms with Crippen LogP contribution >= 0.6 is 0 Å². The lowest BCUT2D eigenvalue weighted by molar-refractivity contribution is -0.235. The summed E-state index contributed by atoms with van der Waals surface area (Å²) in [4.78, 5) is 8.30. The zero-order valence-corrected chi connectivity index (χ0v) is 16.7. The molecule has 3 aromatic rings. The number of hydrogen-bond acceptors (Lipinski definition) is 3. The van der Waals surface area contributed by atoms with Crippen molar-refractivity contribution in [2.75, 3.05) is 0 Å². The SMILES string of the molecule is CC1(CC(O)(C=Nc2cccc3ncccc23)C(F)(F)F)CCCc2ccccc21. The summed E-state index contributed by atoms with van der Waals surface area (Å²) in [5.41, 5.74) is -0.940. The Bertz CT molecular complexity index is 1090. The fourth-order valence-corrected chi connectivity index (χ4v) is 4.50. The van der Waals surface area contributed by atoms with Gasteiger partial charge >= 0.3 is 6.18 Å². The molecule has 156 valence electrons. The standard InChI is InChI=1S/C24H23F3N2O/c1-22(13-5-8-17-7-2-3-10-19(17)22)15-23(30,24(25,26)27)16-29-21-12-4-11-20-18(21)9-6-14-28-20/h2-4,6-7,9-12,14,16,30H,5,8,13,15H2,1H3. The lowest BCUT2D eigenvalue weighted by Crippen LogP contribution is -2.51. The van der Waals surface area contributed by atoms with E-state index in [4.69, 9.17) is 0 Å². The van der Waals surface area contributed by atoms with Gasteiger partial charge in [-0.3, -0.25) is 9.98 Å². The van der Waals surface area contributed by atoms with E-state index in [2.05, 4.69) is 9.98 Å². The molecular formula is C24H23F3N2O. The monoisotopic (exact) mass is 412 g/mol. The molecule has 0 saturated heterocycles. The third-order valence-corrected chi connectivity index (χ3v) is 6.03. The van der Waals surface area contributed by atoms with Crippen LogP contribution in [0.3, 0.4) is 0 Å². The molecule has 1 heterocycles. The number of aliphatic imine (C=N–C) groups is 1. The van der Waals surface area contributed by atoms with E-state index in [-0.39, 0.29) is 0 Å². The number of pyridine rings is 1. The second-order valence-corrected chi connectivity index (χ2v) is 8.28. The third-order valence-electron chi connectivity index (χ3n) is 6.03. The van der Waals surface area contributed by atoms with Gasteiger partial charge in [-0.2, -0.15) is 13.2 Å². The van der Waals surface area contributed by atoms with E-state index in [0.29, 0.717) is 29.2 Å². The highest BCUT2D eigenvalue weighted by Crippen LogP contribution is 2.46. The Hall–Kier alpha value is -2.73. The average molecular weight is 412 g/mol. The first kappa shape index (κ1) is 20.5. The third kappa shape index (κ3) is 3.72. The number of aromatic nitrogens is 1. The zero-order chi connectivity index (χ0) is 21.4. The number of rotatable bonds is 4. The van der Waals surface area contributed by atoms with Crippen molar-refractivity contribution in [3.8, 4) is 0 Å². The van der Waals surface area contributed by atoms with Crippen molar-refractivity contribution in [1.29, 1.82) is 0 Å². The largest absolute Gasteiger partial charge is 0.422 e. The molecule has 0 fully saturated rings. The number of aryl methyl sites for hydroxylation is 1. The van der Waals surface area contributed by atoms with Gasteiger partial charge in [0, 0.05) is 17.8 Å². The summed E-state index contributed by atoms with van der Waals surface area (Å²) in [7, 11) is 0. The topological polar surface area (TPSA) is 45.5 Å². The molecule has 2 aromatic carbocycles. The summed E-state index contributed by atoms with van der Waals surface area (Å²) in [6.45, 7) is 1.80. The Morgan fingerprint density at radius 3 is 2.70 bits per heavy atom. The van der Waals surface area contributed by atoms with Crippen LogP contribution < -0.4 is 0 Å². The number of aliphatic hydroxyl groups is 1. The van der Waals surface area contributed by atoms with Crippen LogP contribution in [-0.4, -0.2) is 28.1 Å². The first-order valence-electron chi connectivity index (χ1n) is 9.98. The Labute approximate surface area is 173 Å². The van der Waals surface area contributed by atoms with Gasteiger partial charge in [0.2, 0.25) is 0 Å². The van der Waals surface area contributed by atoms with Crippen molar-refractivity contribution in [3.05, 3.63) is 71.9 Å². The van der Waals surface area contributed by atoms with Crippen molar-refractivity contribution in [2.24, 2.45) is 4.99 Å². The van der Waals surface area contributed by atoms with Gasteiger partial charge in [-0.1, -0.05) is 37.3 Å². The minimum absolute atomic E-state index is 0.345. The predicted molar refractivity (Wildman–Crippen MR) is 112 cm³/mol. The molecule has 2 unspecified atom stereocenters. The van der Waals surface area contributed by atoms with E-state index in [0.717, 1.165) is 24.0 Å². The van der Waals surface area contributed by atoms with Crippen molar-refractivity contribution in [3.63, 3.8) is 0 Å². The molecule has 1 aliphatic carbocycles. The Morgan fingerprint density at radius 2 is 1.90 bits per heavy atom. The van der Waals surface area contributed by atoms with Gasteiger partial charge in [0.15, 0.2) is 5.60 Å². The highest BCUT2D eigenvalue weighted by molar-refractivity contribution is 5.91. The molecule has 0 radical (unpaired) electrons. The minimum atomic E-state index is -4.85. The number of alkyl halides is 3.